The van der Waals surface area contributed by atoms with E-state index in [1.165, 1.54) is 24.4 Å². The topological polar surface area (TPSA) is 137 Å². The lowest BCUT2D eigenvalue weighted by Gasteiger charge is -2.35. The third-order valence-electron chi connectivity index (χ3n) is 5.35. The van der Waals surface area contributed by atoms with Gasteiger partial charge in [0.25, 0.3) is 5.91 Å². The number of piperidine rings is 1. The fourth-order valence-electron chi connectivity index (χ4n) is 3.49. The Morgan fingerprint density at radius 3 is 2.29 bits per heavy atom. The highest BCUT2D eigenvalue weighted by Crippen LogP contribution is 2.38. The summed E-state index contributed by atoms with van der Waals surface area (Å²) < 4.78 is 46.3. The van der Waals surface area contributed by atoms with E-state index in [1.54, 1.807) is 11.8 Å². The van der Waals surface area contributed by atoms with Crippen LogP contribution in [0, 0.1) is 18.7 Å². The standard InChI is InChI=1S/C19H21ClFN3O3.C2HF3O2/c1-10-8-13(25)15(17(21)16(10)20)18(22)11-4-6-24(7-5-11)19(27)12-2-3-14(26)23-9-12;3-2(4,5)1(6)7/h2-3,8-9,11,18,25H,4-7,22H2,1H3,(H,23,26);(H,6,7). The lowest BCUT2D eigenvalue weighted by Crippen LogP contribution is -2.41. The summed E-state index contributed by atoms with van der Waals surface area (Å²) in [6.45, 7) is 2.53. The molecule has 1 unspecified atom stereocenters. The summed E-state index contributed by atoms with van der Waals surface area (Å²) in [5, 5.41) is 17.2. The molecule has 34 heavy (non-hydrogen) atoms. The first-order valence-corrected chi connectivity index (χ1v) is 10.3. The van der Waals surface area contributed by atoms with Crippen LogP contribution in [0.3, 0.4) is 0 Å². The minimum atomic E-state index is -5.08. The van der Waals surface area contributed by atoms with Crippen molar-refractivity contribution in [1.29, 1.82) is 0 Å². The van der Waals surface area contributed by atoms with E-state index in [2.05, 4.69) is 4.98 Å². The van der Waals surface area contributed by atoms with Gasteiger partial charge in [0.15, 0.2) is 5.82 Å². The monoisotopic (exact) mass is 507 g/mol. The van der Waals surface area contributed by atoms with E-state index in [0.29, 0.717) is 37.1 Å². The number of aliphatic carboxylic acids is 1. The maximum Gasteiger partial charge on any atom is 0.490 e. The second kappa shape index (κ2) is 10.9. The Kier molecular flexibility index (Phi) is 8.67. The van der Waals surface area contributed by atoms with E-state index in [-0.39, 0.29) is 33.7 Å². The SMILES string of the molecule is Cc1cc(O)c(C(N)C2CCN(C(=O)c3ccc(=O)[nH]c3)CC2)c(F)c1Cl.O=C(O)C(F)(F)F. The number of aromatic nitrogens is 1. The molecule has 1 aliphatic heterocycles. The molecule has 1 fully saturated rings. The molecular formula is C21H22ClF4N3O5. The number of alkyl halides is 3. The third kappa shape index (κ3) is 6.48. The molecule has 1 aromatic carbocycles. The van der Waals surface area contributed by atoms with Gasteiger partial charge in [0.2, 0.25) is 5.56 Å². The number of benzene rings is 1. The zero-order valence-corrected chi connectivity index (χ0v) is 18.6. The van der Waals surface area contributed by atoms with Gasteiger partial charge in [-0.25, -0.2) is 9.18 Å². The first-order valence-electron chi connectivity index (χ1n) is 9.95. The van der Waals surface area contributed by atoms with Crippen LogP contribution in [-0.4, -0.2) is 51.2 Å². The minimum Gasteiger partial charge on any atom is -0.507 e. The van der Waals surface area contributed by atoms with Crippen LogP contribution in [0.1, 0.15) is 40.4 Å². The van der Waals surface area contributed by atoms with Crippen LogP contribution in [0.2, 0.25) is 5.02 Å². The average molecular weight is 508 g/mol. The van der Waals surface area contributed by atoms with Crippen molar-refractivity contribution in [3.8, 4) is 5.75 Å². The number of nitrogens with zero attached hydrogens (tertiary/aromatic N) is 1. The molecule has 1 amide bonds. The second-order valence-electron chi connectivity index (χ2n) is 7.65. The number of phenols is 1. The number of carboxylic acid groups (broad SMARTS) is 1. The highest BCUT2D eigenvalue weighted by molar-refractivity contribution is 6.31. The molecule has 1 saturated heterocycles. The Balaban J connectivity index is 0.000000509. The summed E-state index contributed by atoms with van der Waals surface area (Å²) >= 11 is 5.96. The van der Waals surface area contributed by atoms with Gasteiger partial charge >= 0.3 is 12.1 Å². The average Bonchev–Trinajstić information content (AvgIpc) is 2.77. The second-order valence-corrected chi connectivity index (χ2v) is 8.03. The van der Waals surface area contributed by atoms with E-state index in [9.17, 15) is 32.3 Å². The Bertz CT molecular complexity index is 1090. The molecule has 3 rings (SSSR count). The van der Waals surface area contributed by atoms with Crippen LogP contribution in [0.4, 0.5) is 17.6 Å². The van der Waals surface area contributed by atoms with Gasteiger partial charge in [0.1, 0.15) is 5.75 Å². The molecule has 0 bridgehead atoms. The van der Waals surface area contributed by atoms with E-state index in [1.807, 2.05) is 0 Å². The number of nitrogens with two attached hydrogens (primary N) is 1. The summed E-state index contributed by atoms with van der Waals surface area (Å²) in [5.41, 5.74) is 6.85. The molecule has 0 spiro atoms. The van der Waals surface area contributed by atoms with Crippen molar-refractivity contribution in [2.45, 2.75) is 32.0 Å². The summed E-state index contributed by atoms with van der Waals surface area (Å²) in [7, 11) is 0. The highest BCUT2D eigenvalue weighted by atomic mass is 35.5. The van der Waals surface area contributed by atoms with Crippen molar-refractivity contribution in [3.05, 3.63) is 62.3 Å². The van der Waals surface area contributed by atoms with Gasteiger partial charge in [-0.15, -0.1) is 0 Å². The zero-order chi connectivity index (χ0) is 25.8. The molecule has 0 saturated carbocycles. The largest absolute Gasteiger partial charge is 0.507 e. The smallest absolute Gasteiger partial charge is 0.490 e. The number of aromatic amines is 1. The van der Waals surface area contributed by atoms with Crippen molar-refractivity contribution in [2.24, 2.45) is 11.7 Å². The normalized spacial score (nSPS) is 15.3. The molecule has 13 heteroatoms. The predicted molar refractivity (Wildman–Crippen MR) is 114 cm³/mol. The highest BCUT2D eigenvalue weighted by Gasteiger charge is 2.38. The molecule has 186 valence electrons. The van der Waals surface area contributed by atoms with E-state index >= 15 is 0 Å². The summed E-state index contributed by atoms with van der Waals surface area (Å²) in [5.74, 6) is -3.91. The minimum absolute atomic E-state index is 0.0241. The Hall–Kier alpha value is -3.12. The van der Waals surface area contributed by atoms with Crippen LogP contribution in [-0.2, 0) is 4.79 Å². The molecule has 1 atom stereocenters. The molecule has 1 aliphatic rings. The first-order chi connectivity index (χ1) is 15.7. The first kappa shape index (κ1) is 27.1. The maximum atomic E-state index is 14.5. The van der Waals surface area contributed by atoms with Gasteiger partial charge in [0, 0.05) is 37.0 Å². The zero-order valence-electron chi connectivity index (χ0n) is 17.8. The summed E-state index contributed by atoms with van der Waals surface area (Å²) in [6, 6.07) is 3.49. The van der Waals surface area contributed by atoms with Gasteiger partial charge in [-0.2, -0.15) is 13.2 Å². The van der Waals surface area contributed by atoms with Crippen molar-refractivity contribution in [1.82, 2.24) is 9.88 Å². The fraction of sp³-hybridized carbons (Fsp3) is 0.381. The van der Waals surface area contributed by atoms with Gasteiger partial charge < -0.3 is 25.8 Å². The van der Waals surface area contributed by atoms with Crippen LogP contribution in [0.15, 0.2) is 29.2 Å². The van der Waals surface area contributed by atoms with Gasteiger partial charge in [0.05, 0.1) is 10.6 Å². The van der Waals surface area contributed by atoms with E-state index in [4.69, 9.17) is 27.2 Å². The number of carboxylic acids is 1. The Labute approximate surface area is 195 Å². The van der Waals surface area contributed by atoms with Crippen LogP contribution >= 0.6 is 11.6 Å². The van der Waals surface area contributed by atoms with Gasteiger partial charge in [-0.3, -0.25) is 9.59 Å². The molecule has 2 aromatic rings. The lowest BCUT2D eigenvalue weighted by molar-refractivity contribution is -0.192. The molecule has 8 nitrogen and oxygen atoms in total. The van der Waals surface area contributed by atoms with Crippen molar-refractivity contribution >= 4 is 23.5 Å². The number of likely N-dealkylation sites (tertiary alicyclic amines) is 1. The number of carbonyl (C=O) groups excluding carboxylic acids is 1. The number of carbonyl (C=O) groups is 2. The lowest BCUT2D eigenvalue weighted by atomic mass is 9.85. The number of aryl methyl sites for hydroxylation is 1. The number of halogens is 5. The molecular weight excluding hydrogens is 486 g/mol. The Morgan fingerprint density at radius 1 is 1.26 bits per heavy atom. The van der Waals surface area contributed by atoms with E-state index in [0.717, 1.165) is 0 Å². The Morgan fingerprint density at radius 2 is 1.82 bits per heavy atom. The van der Waals surface area contributed by atoms with Crippen molar-refractivity contribution in [2.75, 3.05) is 13.1 Å². The molecule has 0 aliphatic carbocycles. The number of aromatic hydroxyl groups is 1. The third-order valence-corrected chi connectivity index (χ3v) is 5.81. The van der Waals surface area contributed by atoms with Crippen LogP contribution in [0.5, 0.6) is 5.75 Å². The van der Waals surface area contributed by atoms with Gasteiger partial charge in [-0.1, -0.05) is 11.6 Å². The van der Waals surface area contributed by atoms with Crippen molar-refractivity contribution in [3.63, 3.8) is 0 Å². The molecule has 5 N–H and O–H groups in total. The number of nitrogens with one attached hydrogen (secondary N) is 1. The number of hydrogen-bond acceptors (Lipinski definition) is 5. The van der Waals surface area contributed by atoms with Crippen LogP contribution < -0.4 is 11.3 Å². The molecule has 0 radical (unpaired) electrons. The van der Waals surface area contributed by atoms with E-state index < -0.39 is 24.0 Å². The fourth-order valence-corrected chi connectivity index (χ4v) is 3.65. The van der Waals surface area contributed by atoms with Crippen molar-refractivity contribution < 1.29 is 37.4 Å². The molecule has 2 heterocycles. The number of rotatable bonds is 3. The van der Waals surface area contributed by atoms with Crippen LogP contribution in [0.25, 0.3) is 0 Å². The maximum absolute atomic E-state index is 14.5. The number of pyridine rings is 1. The van der Waals surface area contributed by atoms with Gasteiger partial charge in [-0.05, 0) is 43.4 Å². The summed E-state index contributed by atoms with van der Waals surface area (Å²) in [6.07, 6.45) is -2.55. The summed E-state index contributed by atoms with van der Waals surface area (Å²) in [4.78, 5) is 36.7. The quantitative estimate of drug-likeness (QED) is 0.470. The number of hydrogen-bond donors (Lipinski definition) is 4. The number of H-pyrrole nitrogens is 1. The number of amides is 1. The predicted octanol–water partition coefficient (Wildman–Crippen LogP) is 3.37. The number of phenolic OH excluding ortho intramolecular Hbond substituents is 1. The molecule has 1 aromatic heterocycles.